The number of carbonyl (C=O) groups is 1. The van der Waals surface area contributed by atoms with E-state index in [0.29, 0.717) is 12.8 Å². The molecule has 1 saturated carbocycles. The molecule has 19 heavy (non-hydrogen) atoms. The van der Waals surface area contributed by atoms with Crippen LogP contribution in [0.25, 0.3) is 0 Å². The second-order valence-electron chi connectivity index (χ2n) is 6.15. The van der Waals surface area contributed by atoms with Crippen LogP contribution >= 0.6 is 10.7 Å². The maximum Gasteiger partial charge on any atom is 0.408 e. The fourth-order valence-corrected chi connectivity index (χ4v) is 4.03. The van der Waals surface area contributed by atoms with Crippen molar-refractivity contribution in [3.63, 3.8) is 0 Å². The highest BCUT2D eigenvalue weighted by atomic mass is 35.7. The normalized spacial score (nSPS) is 19.8. The van der Waals surface area contributed by atoms with E-state index in [1.54, 1.807) is 20.8 Å². The first kappa shape index (κ1) is 16.6. The van der Waals surface area contributed by atoms with E-state index >= 15 is 0 Å². The molecule has 1 fully saturated rings. The second kappa shape index (κ2) is 5.87. The lowest BCUT2D eigenvalue weighted by Gasteiger charge is -2.37. The second-order valence-corrected chi connectivity index (χ2v) is 8.93. The van der Waals surface area contributed by atoms with Gasteiger partial charge >= 0.3 is 6.09 Å². The van der Waals surface area contributed by atoms with Crippen LogP contribution in [-0.2, 0) is 13.8 Å². The zero-order valence-electron chi connectivity index (χ0n) is 11.7. The lowest BCUT2D eigenvalue weighted by atomic mass is 9.83. The average molecular weight is 312 g/mol. The highest BCUT2D eigenvalue weighted by molar-refractivity contribution is 8.13. The number of hydrogen-bond donors (Lipinski definition) is 1. The Morgan fingerprint density at radius 1 is 1.26 bits per heavy atom. The highest BCUT2D eigenvalue weighted by Gasteiger charge is 2.38. The van der Waals surface area contributed by atoms with Crippen LogP contribution in [0.4, 0.5) is 4.79 Å². The molecule has 0 aromatic heterocycles. The van der Waals surface area contributed by atoms with Crippen LogP contribution in [0.15, 0.2) is 0 Å². The van der Waals surface area contributed by atoms with Gasteiger partial charge in [0.05, 0.1) is 11.3 Å². The Bertz CT molecular complexity index is 422. The van der Waals surface area contributed by atoms with E-state index in [9.17, 15) is 13.2 Å². The molecule has 0 atom stereocenters. The van der Waals surface area contributed by atoms with Crippen LogP contribution in [0.5, 0.6) is 0 Å². The Hall–Kier alpha value is -0.490. The van der Waals surface area contributed by atoms with Crippen LogP contribution in [0.1, 0.15) is 52.9 Å². The van der Waals surface area contributed by atoms with E-state index in [0.717, 1.165) is 19.3 Å². The van der Waals surface area contributed by atoms with Crippen LogP contribution in [0, 0.1) is 0 Å². The van der Waals surface area contributed by atoms with Gasteiger partial charge in [0.25, 0.3) is 0 Å². The molecule has 1 N–H and O–H groups in total. The molecule has 0 aromatic carbocycles. The minimum absolute atomic E-state index is 0.249. The SMILES string of the molecule is CC(C)(C)OC(=O)NC1(CS(=O)(=O)Cl)CCCCC1. The predicted molar refractivity (Wildman–Crippen MR) is 74.8 cm³/mol. The average Bonchev–Trinajstić information content (AvgIpc) is 2.11. The summed E-state index contributed by atoms with van der Waals surface area (Å²) in [5.74, 6) is -0.249. The fraction of sp³-hybridized carbons (Fsp3) is 0.917. The van der Waals surface area contributed by atoms with Crippen molar-refractivity contribution in [3.05, 3.63) is 0 Å². The van der Waals surface area contributed by atoms with Gasteiger partial charge in [0.2, 0.25) is 9.05 Å². The molecule has 112 valence electrons. The predicted octanol–water partition coefficient (Wildman–Crippen LogP) is 2.78. The number of amides is 1. The Morgan fingerprint density at radius 3 is 2.21 bits per heavy atom. The van der Waals surface area contributed by atoms with Gasteiger partial charge in [-0.25, -0.2) is 13.2 Å². The summed E-state index contributed by atoms with van der Waals surface area (Å²) >= 11 is 0. The van der Waals surface area contributed by atoms with Crippen LogP contribution < -0.4 is 5.32 Å². The Balaban J connectivity index is 2.77. The standard InChI is InChI=1S/C12H22ClNO4S/c1-11(2,3)18-10(15)14-12(9-19(13,16)17)7-5-4-6-8-12/h4-9H2,1-3H3,(H,14,15). The zero-order chi connectivity index (χ0) is 14.7. The number of rotatable bonds is 3. The first-order chi connectivity index (χ1) is 8.52. The summed E-state index contributed by atoms with van der Waals surface area (Å²) in [6.45, 7) is 5.29. The summed E-state index contributed by atoms with van der Waals surface area (Å²) in [4.78, 5) is 11.8. The molecule has 0 spiro atoms. The Morgan fingerprint density at radius 2 is 1.79 bits per heavy atom. The largest absolute Gasteiger partial charge is 0.444 e. The molecule has 0 aliphatic heterocycles. The van der Waals surface area contributed by atoms with E-state index in [2.05, 4.69) is 5.32 Å². The lowest BCUT2D eigenvalue weighted by molar-refractivity contribution is 0.0442. The van der Waals surface area contributed by atoms with E-state index < -0.39 is 26.3 Å². The highest BCUT2D eigenvalue weighted by Crippen LogP contribution is 2.30. The van der Waals surface area contributed by atoms with Gasteiger partial charge in [0.15, 0.2) is 0 Å². The summed E-state index contributed by atoms with van der Waals surface area (Å²) < 4.78 is 27.9. The molecule has 5 nitrogen and oxygen atoms in total. The molecule has 7 heteroatoms. The number of carbonyl (C=O) groups excluding carboxylic acids is 1. The lowest BCUT2D eigenvalue weighted by Crippen LogP contribution is -2.54. The van der Waals surface area contributed by atoms with E-state index in [4.69, 9.17) is 15.4 Å². The van der Waals surface area contributed by atoms with Gasteiger partial charge in [-0.3, -0.25) is 0 Å². The zero-order valence-corrected chi connectivity index (χ0v) is 13.2. The number of halogens is 1. The summed E-state index contributed by atoms with van der Waals surface area (Å²) in [6, 6.07) is 0. The van der Waals surface area contributed by atoms with Gasteiger partial charge in [0, 0.05) is 10.7 Å². The Kier molecular flexibility index (Phi) is 5.12. The fourth-order valence-electron chi connectivity index (χ4n) is 2.38. The third-order valence-electron chi connectivity index (χ3n) is 3.03. The molecule has 0 aromatic rings. The van der Waals surface area contributed by atoms with Crippen molar-refractivity contribution in [2.24, 2.45) is 0 Å². The minimum atomic E-state index is -3.67. The summed E-state index contributed by atoms with van der Waals surface area (Å²) in [6.07, 6.45) is 3.43. The van der Waals surface area contributed by atoms with Crippen LogP contribution in [0.2, 0.25) is 0 Å². The third-order valence-corrected chi connectivity index (χ3v) is 4.25. The molecule has 1 aliphatic carbocycles. The summed E-state index contributed by atoms with van der Waals surface area (Å²) in [5, 5.41) is 2.72. The van der Waals surface area contributed by atoms with Gasteiger partial charge in [-0.1, -0.05) is 19.3 Å². The van der Waals surface area contributed by atoms with Crippen LogP contribution in [0.3, 0.4) is 0 Å². The van der Waals surface area contributed by atoms with Gasteiger partial charge in [0.1, 0.15) is 5.60 Å². The maximum atomic E-state index is 11.8. The quantitative estimate of drug-likeness (QED) is 0.813. The number of ether oxygens (including phenoxy) is 1. The van der Waals surface area contributed by atoms with Crippen LogP contribution in [-0.4, -0.2) is 31.4 Å². The minimum Gasteiger partial charge on any atom is -0.444 e. The molecule has 1 rings (SSSR count). The van der Waals surface area contributed by atoms with E-state index in [-0.39, 0.29) is 5.75 Å². The van der Waals surface area contributed by atoms with E-state index in [1.165, 1.54) is 0 Å². The van der Waals surface area contributed by atoms with Crippen molar-refractivity contribution in [1.29, 1.82) is 0 Å². The topological polar surface area (TPSA) is 72.5 Å². The smallest absolute Gasteiger partial charge is 0.408 e. The first-order valence-corrected chi connectivity index (χ1v) is 8.93. The van der Waals surface area contributed by atoms with Gasteiger partial charge in [-0.15, -0.1) is 0 Å². The third kappa shape index (κ3) is 6.47. The number of alkyl carbamates (subject to hydrolysis) is 1. The molecule has 0 saturated heterocycles. The van der Waals surface area contributed by atoms with E-state index in [1.807, 2.05) is 0 Å². The molecule has 1 aliphatic rings. The van der Waals surface area contributed by atoms with Crippen molar-refractivity contribution in [3.8, 4) is 0 Å². The Labute approximate surface area is 119 Å². The van der Waals surface area contributed by atoms with Crippen molar-refractivity contribution in [2.45, 2.75) is 64.0 Å². The first-order valence-electron chi connectivity index (χ1n) is 6.45. The van der Waals surface area contributed by atoms with Gasteiger partial charge in [-0.05, 0) is 33.6 Å². The van der Waals surface area contributed by atoms with Gasteiger partial charge in [-0.2, -0.15) is 0 Å². The van der Waals surface area contributed by atoms with Crippen molar-refractivity contribution in [1.82, 2.24) is 5.32 Å². The molecule has 0 bridgehead atoms. The monoisotopic (exact) mass is 311 g/mol. The van der Waals surface area contributed by atoms with Crippen molar-refractivity contribution < 1.29 is 17.9 Å². The molecule has 0 unspecified atom stereocenters. The van der Waals surface area contributed by atoms with Crippen molar-refractivity contribution >= 4 is 25.8 Å². The molecule has 0 heterocycles. The molecular weight excluding hydrogens is 290 g/mol. The molecular formula is C12H22ClNO4S. The number of nitrogens with one attached hydrogen (secondary N) is 1. The van der Waals surface area contributed by atoms with Crippen molar-refractivity contribution in [2.75, 3.05) is 5.75 Å². The van der Waals surface area contributed by atoms with Gasteiger partial charge < -0.3 is 10.1 Å². The summed E-state index contributed by atoms with van der Waals surface area (Å²) in [5.41, 5.74) is -1.40. The molecule has 1 amide bonds. The number of hydrogen-bond acceptors (Lipinski definition) is 4. The molecule has 0 radical (unpaired) electrons. The summed E-state index contributed by atoms with van der Waals surface area (Å²) in [7, 11) is 1.68. The maximum absolute atomic E-state index is 11.8.